The molecule has 4 nitrogen and oxygen atoms in total. The van der Waals surface area contributed by atoms with Crippen molar-refractivity contribution >= 4 is 23.6 Å². The van der Waals surface area contributed by atoms with Crippen molar-refractivity contribution < 1.29 is 9.53 Å². The lowest BCUT2D eigenvalue weighted by molar-refractivity contribution is 0.104. The Bertz CT molecular complexity index is 897. The first kappa shape index (κ1) is 18.0. The average molecular weight is 364 g/mol. The van der Waals surface area contributed by atoms with Crippen LogP contribution in [-0.4, -0.2) is 21.6 Å². The number of ether oxygens (including phenoxy) is 1. The van der Waals surface area contributed by atoms with Crippen LogP contribution in [0.5, 0.6) is 5.75 Å². The second-order valence-electron chi connectivity index (χ2n) is 5.74. The van der Waals surface area contributed by atoms with Crippen LogP contribution in [0, 0.1) is 0 Å². The van der Waals surface area contributed by atoms with Crippen LogP contribution in [-0.2, 0) is 13.7 Å². The van der Waals surface area contributed by atoms with E-state index in [1.165, 1.54) is 0 Å². The first-order valence-corrected chi connectivity index (χ1v) is 9.44. The maximum absolute atomic E-state index is 12.2. The van der Waals surface area contributed by atoms with Gasteiger partial charge in [-0.1, -0.05) is 18.2 Å². The number of aryl methyl sites for hydroxylation is 1. The summed E-state index contributed by atoms with van der Waals surface area (Å²) in [6.45, 7) is 0.420. The van der Waals surface area contributed by atoms with Crippen LogP contribution < -0.4 is 4.74 Å². The van der Waals surface area contributed by atoms with Gasteiger partial charge in [-0.2, -0.15) is 0 Å². The van der Waals surface area contributed by atoms with Gasteiger partial charge in [-0.25, -0.2) is 4.98 Å². The van der Waals surface area contributed by atoms with Crippen LogP contribution in [0.2, 0.25) is 0 Å². The summed E-state index contributed by atoms with van der Waals surface area (Å²) in [5.41, 5.74) is 1.64. The normalized spacial score (nSPS) is 11.0. The first-order valence-electron chi connectivity index (χ1n) is 8.21. The fourth-order valence-corrected chi connectivity index (χ4v) is 2.79. The zero-order valence-corrected chi connectivity index (χ0v) is 15.6. The molecule has 0 bridgehead atoms. The second-order valence-corrected chi connectivity index (χ2v) is 6.62. The van der Waals surface area contributed by atoms with Gasteiger partial charge in [0.05, 0.1) is 0 Å². The Morgan fingerprint density at radius 3 is 2.50 bits per heavy atom. The number of carbonyl (C=O) groups is 1. The summed E-state index contributed by atoms with van der Waals surface area (Å²) >= 11 is 1.66. The van der Waals surface area contributed by atoms with E-state index in [2.05, 4.69) is 4.98 Å². The molecule has 0 radical (unpaired) electrons. The summed E-state index contributed by atoms with van der Waals surface area (Å²) < 4.78 is 7.65. The highest BCUT2D eigenvalue weighted by atomic mass is 32.2. The molecule has 1 heterocycles. The SMILES string of the molecule is CSc1ccc(C(=O)C=Cc2ccc(OCc3nccn3C)cc2)cc1. The van der Waals surface area contributed by atoms with Crippen LogP contribution >= 0.6 is 11.8 Å². The molecule has 3 aromatic rings. The van der Waals surface area contributed by atoms with E-state index < -0.39 is 0 Å². The van der Waals surface area contributed by atoms with Gasteiger partial charge < -0.3 is 9.30 Å². The predicted molar refractivity (Wildman–Crippen MR) is 106 cm³/mol. The minimum atomic E-state index is -0.00670. The molecule has 0 N–H and O–H groups in total. The summed E-state index contributed by atoms with van der Waals surface area (Å²) in [6, 6.07) is 15.3. The number of ketones is 1. The van der Waals surface area contributed by atoms with Crippen molar-refractivity contribution in [2.45, 2.75) is 11.5 Å². The van der Waals surface area contributed by atoms with E-state index in [1.807, 2.05) is 78.7 Å². The molecule has 2 aromatic carbocycles. The summed E-state index contributed by atoms with van der Waals surface area (Å²) in [7, 11) is 1.94. The molecule has 0 aliphatic rings. The Kier molecular flexibility index (Phi) is 5.92. The Balaban J connectivity index is 1.58. The van der Waals surface area contributed by atoms with Crippen LogP contribution in [0.3, 0.4) is 0 Å². The first-order chi connectivity index (χ1) is 12.7. The second kappa shape index (κ2) is 8.54. The van der Waals surface area contributed by atoms with Gasteiger partial charge in [0.15, 0.2) is 5.78 Å². The lowest BCUT2D eigenvalue weighted by atomic mass is 10.1. The minimum absolute atomic E-state index is 0.00670. The number of allylic oxidation sites excluding steroid dienone is 1. The topological polar surface area (TPSA) is 44.1 Å². The number of nitrogens with zero attached hydrogens (tertiary/aromatic N) is 2. The molecule has 5 heteroatoms. The number of rotatable bonds is 7. The smallest absolute Gasteiger partial charge is 0.185 e. The van der Waals surface area contributed by atoms with Crippen LogP contribution in [0.1, 0.15) is 21.7 Å². The highest BCUT2D eigenvalue weighted by Gasteiger charge is 2.03. The molecule has 0 saturated heterocycles. The molecule has 0 saturated carbocycles. The van der Waals surface area contributed by atoms with Crippen molar-refractivity contribution in [1.29, 1.82) is 0 Å². The van der Waals surface area contributed by atoms with Crippen LogP contribution in [0.25, 0.3) is 6.08 Å². The van der Waals surface area contributed by atoms with E-state index in [0.717, 1.165) is 22.0 Å². The van der Waals surface area contributed by atoms with Gasteiger partial charge in [0.1, 0.15) is 18.2 Å². The quantitative estimate of drug-likeness (QED) is 0.349. The van der Waals surface area contributed by atoms with E-state index >= 15 is 0 Å². The van der Waals surface area contributed by atoms with Gasteiger partial charge in [-0.15, -0.1) is 11.8 Å². The van der Waals surface area contributed by atoms with Gasteiger partial charge in [0.25, 0.3) is 0 Å². The third-order valence-electron chi connectivity index (χ3n) is 3.97. The predicted octanol–water partition coefficient (Wildman–Crippen LogP) is 4.62. The Hall–Kier alpha value is -2.79. The molecule has 0 unspecified atom stereocenters. The molecule has 0 spiro atoms. The highest BCUT2D eigenvalue weighted by molar-refractivity contribution is 7.98. The number of thioether (sulfide) groups is 1. The van der Waals surface area contributed by atoms with Gasteiger partial charge in [0, 0.05) is 29.9 Å². The van der Waals surface area contributed by atoms with Crippen molar-refractivity contribution in [2.75, 3.05) is 6.26 Å². The molecule has 3 rings (SSSR count). The largest absolute Gasteiger partial charge is 0.486 e. The van der Waals surface area contributed by atoms with Gasteiger partial charge in [0.2, 0.25) is 0 Å². The molecule has 0 atom stereocenters. The van der Waals surface area contributed by atoms with Gasteiger partial charge in [-0.3, -0.25) is 4.79 Å². The lowest BCUT2D eigenvalue weighted by Gasteiger charge is -2.06. The Labute approximate surface area is 157 Å². The van der Waals surface area contributed by atoms with E-state index in [0.29, 0.717) is 12.2 Å². The summed E-state index contributed by atoms with van der Waals surface area (Å²) in [5, 5.41) is 0. The molecule has 132 valence electrons. The maximum atomic E-state index is 12.2. The fourth-order valence-electron chi connectivity index (χ4n) is 2.38. The van der Waals surface area contributed by atoms with Crippen LogP contribution in [0.15, 0.2) is 71.9 Å². The number of imidazole rings is 1. The third kappa shape index (κ3) is 4.64. The number of aromatic nitrogens is 2. The summed E-state index contributed by atoms with van der Waals surface area (Å²) in [4.78, 5) is 17.6. The lowest BCUT2D eigenvalue weighted by Crippen LogP contribution is -2.02. The molecule has 0 aliphatic heterocycles. The van der Waals surface area contributed by atoms with E-state index in [-0.39, 0.29) is 5.78 Å². The van der Waals surface area contributed by atoms with E-state index in [1.54, 1.807) is 24.0 Å². The average Bonchev–Trinajstić information content (AvgIpc) is 3.10. The zero-order chi connectivity index (χ0) is 18.4. The molecule has 0 aliphatic carbocycles. The molecule has 1 aromatic heterocycles. The monoisotopic (exact) mass is 364 g/mol. The Morgan fingerprint density at radius 1 is 1.15 bits per heavy atom. The molecule has 26 heavy (non-hydrogen) atoms. The fraction of sp³-hybridized carbons (Fsp3) is 0.143. The molecular weight excluding hydrogens is 344 g/mol. The van der Waals surface area contributed by atoms with Crippen molar-refractivity contribution in [1.82, 2.24) is 9.55 Å². The summed E-state index contributed by atoms with van der Waals surface area (Å²) in [5.74, 6) is 1.63. The number of hydrogen-bond donors (Lipinski definition) is 0. The summed E-state index contributed by atoms with van der Waals surface area (Å²) in [6.07, 6.45) is 9.06. The standard InChI is InChI=1S/C21H20N2O2S/c1-23-14-13-22-21(23)15-25-18-8-3-16(4-9-18)5-12-20(24)17-6-10-19(26-2)11-7-17/h3-14H,15H2,1-2H3. The molecule has 0 fully saturated rings. The maximum Gasteiger partial charge on any atom is 0.185 e. The van der Waals surface area contributed by atoms with Crippen molar-refractivity contribution in [2.24, 2.45) is 7.05 Å². The third-order valence-corrected chi connectivity index (χ3v) is 4.71. The number of carbonyl (C=O) groups excluding carboxylic acids is 1. The van der Waals surface area contributed by atoms with Crippen molar-refractivity contribution in [3.05, 3.63) is 84.0 Å². The minimum Gasteiger partial charge on any atom is -0.486 e. The van der Waals surface area contributed by atoms with Gasteiger partial charge >= 0.3 is 0 Å². The molecule has 0 amide bonds. The van der Waals surface area contributed by atoms with E-state index in [4.69, 9.17) is 4.74 Å². The zero-order valence-electron chi connectivity index (χ0n) is 14.8. The molecular formula is C21H20N2O2S. The highest BCUT2D eigenvalue weighted by Crippen LogP contribution is 2.17. The van der Waals surface area contributed by atoms with Crippen LogP contribution in [0.4, 0.5) is 0 Å². The Morgan fingerprint density at radius 2 is 1.88 bits per heavy atom. The van der Waals surface area contributed by atoms with Crippen molar-refractivity contribution in [3.8, 4) is 5.75 Å². The van der Waals surface area contributed by atoms with E-state index in [9.17, 15) is 4.79 Å². The van der Waals surface area contributed by atoms with Gasteiger partial charge in [-0.05, 0) is 54.3 Å². The van der Waals surface area contributed by atoms with Crippen molar-refractivity contribution in [3.63, 3.8) is 0 Å². The number of hydrogen-bond acceptors (Lipinski definition) is 4. The number of benzene rings is 2.